The molecule has 0 atom stereocenters. The Kier molecular flexibility index (Phi) is 5.70. The van der Waals surface area contributed by atoms with Gasteiger partial charge in [0.15, 0.2) is 0 Å². The quantitative estimate of drug-likeness (QED) is 0.843. The van der Waals surface area contributed by atoms with Crippen molar-refractivity contribution in [3.63, 3.8) is 0 Å². The Morgan fingerprint density at radius 3 is 2.71 bits per heavy atom. The third-order valence-corrected chi connectivity index (χ3v) is 5.02. The van der Waals surface area contributed by atoms with E-state index < -0.39 is 5.60 Å². The van der Waals surface area contributed by atoms with Crippen LogP contribution in [0.15, 0.2) is 4.52 Å². The van der Waals surface area contributed by atoms with Crippen molar-refractivity contribution in [3.05, 3.63) is 17.0 Å². The summed E-state index contributed by atoms with van der Waals surface area (Å²) in [5.74, 6) is 1.90. The van der Waals surface area contributed by atoms with E-state index in [0.717, 1.165) is 48.5 Å². The molecule has 1 aromatic rings. The molecule has 21 heavy (non-hydrogen) atoms. The zero-order valence-electron chi connectivity index (χ0n) is 12.8. The molecule has 1 aromatic heterocycles. The molecule has 1 aliphatic rings. The lowest BCUT2D eigenvalue weighted by Crippen LogP contribution is -2.44. The Hall–Kier alpha value is -1.01. The average molecular weight is 312 g/mol. The minimum absolute atomic E-state index is 0.0224. The van der Waals surface area contributed by atoms with Crippen LogP contribution >= 0.6 is 11.8 Å². The maximum absolute atomic E-state index is 11.8. The molecule has 0 saturated heterocycles. The van der Waals surface area contributed by atoms with Crippen molar-refractivity contribution in [2.24, 2.45) is 0 Å². The number of aromatic nitrogens is 1. The van der Waals surface area contributed by atoms with Crippen LogP contribution in [-0.4, -0.2) is 34.1 Å². The number of rotatable bonds is 6. The number of aliphatic hydroxyl groups is 1. The Labute approximate surface area is 129 Å². The predicted octanol–water partition coefficient (Wildman–Crippen LogP) is 2.34. The van der Waals surface area contributed by atoms with Crippen LogP contribution in [0.2, 0.25) is 0 Å². The Morgan fingerprint density at radius 1 is 1.38 bits per heavy atom. The SMILES string of the molecule is Cc1noc(C)c1CSCC(=O)NCC1(O)CCCCC1. The van der Waals surface area contributed by atoms with Crippen LogP contribution in [0.4, 0.5) is 0 Å². The fourth-order valence-electron chi connectivity index (χ4n) is 2.65. The topological polar surface area (TPSA) is 75.4 Å². The number of amides is 1. The second kappa shape index (κ2) is 7.31. The van der Waals surface area contributed by atoms with Gasteiger partial charge in [0.2, 0.25) is 5.91 Å². The molecule has 0 unspecified atom stereocenters. The fourth-order valence-corrected chi connectivity index (χ4v) is 3.66. The van der Waals surface area contributed by atoms with Gasteiger partial charge in [0.05, 0.1) is 17.0 Å². The van der Waals surface area contributed by atoms with Gasteiger partial charge in [-0.2, -0.15) is 0 Å². The van der Waals surface area contributed by atoms with Crippen LogP contribution in [0.5, 0.6) is 0 Å². The Morgan fingerprint density at radius 2 is 2.10 bits per heavy atom. The van der Waals surface area contributed by atoms with E-state index in [9.17, 15) is 9.90 Å². The summed E-state index contributed by atoms with van der Waals surface area (Å²) in [6.45, 7) is 4.16. The molecule has 1 fully saturated rings. The summed E-state index contributed by atoms with van der Waals surface area (Å²) in [5, 5.41) is 17.1. The molecule has 0 spiro atoms. The van der Waals surface area contributed by atoms with Crippen LogP contribution in [0.25, 0.3) is 0 Å². The third-order valence-electron chi connectivity index (χ3n) is 4.06. The molecule has 2 N–H and O–H groups in total. The molecule has 0 bridgehead atoms. The largest absolute Gasteiger partial charge is 0.388 e. The first-order chi connectivity index (χ1) is 10.0. The molecular formula is C15H24N2O3S. The average Bonchev–Trinajstić information content (AvgIpc) is 2.78. The van der Waals surface area contributed by atoms with Crippen LogP contribution in [0.3, 0.4) is 0 Å². The monoisotopic (exact) mass is 312 g/mol. The molecule has 2 rings (SSSR count). The normalized spacial score (nSPS) is 17.7. The van der Waals surface area contributed by atoms with Crippen LogP contribution < -0.4 is 5.32 Å². The molecular weight excluding hydrogens is 288 g/mol. The van der Waals surface area contributed by atoms with E-state index in [0.29, 0.717) is 12.3 Å². The molecule has 1 aliphatic carbocycles. The van der Waals surface area contributed by atoms with E-state index in [1.165, 1.54) is 18.2 Å². The highest BCUT2D eigenvalue weighted by Gasteiger charge is 2.29. The zero-order valence-corrected chi connectivity index (χ0v) is 13.6. The smallest absolute Gasteiger partial charge is 0.230 e. The number of carbonyl (C=O) groups excluding carboxylic acids is 1. The third kappa shape index (κ3) is 4.74. The number of nitrogens with one attached hydrogen (secondary N) is 1. The van der Waals surface area contributed by atoms with Crippen LogP contribution in [0, 0.1) is 13.8 Å². The molecule has 1 saturated carbocycles. The van der Waals surface area contributed by atoms with E-state index in [1.807, 2.05) is 13.8 Å². The molecule has 0 radical (unpaired) electrons. The lowest BCUT2D eigenvalue weighted by Gasteiger charge is -2.32. The molecule has 118 valence electrons. The second-order valence-electron chi connectivity index (χ2n) is 5.86. The first-order valence-corrected chi connectivity index (χ1v) is 8.64. The lowest BCUT2D eigenvalue weighted by atomic mass is 9.85. The molecule has 0 aromatic carbocycles. The van der Waals surface area contributed by atoms with Crippen molar-refractivity contribution in [2.45, 2.75) is 57.3 Å². The first kappa shape index (κ1) is 16.4. The highest BCUT2D eigenvalue weighted by atomic mass is 32.2. The van der Waals surface area contributed by atoms with E-state index in [1.54, 1.807) is 0 Å². The predicted molar refractivity (Wildman–Crippen MR) is 83.2 cm³/mol. The fraction of sp³-hybridized carbons (Fsp3) is 0.733. The van der Waals surface area contributed by atoms with Crippen molar-refractivity contribution >= 4 is 17.7 Å². The number of thioether (sulfide) groups is 1. The summed E-state index contributed by atoms with van der Waals surface area (Å²) < 4.78 is 5.10. The van der Waals surface area contributed by atoms with Crippen molar-refractivity contribution in [1.82, 2.24) is 10.5 Å². The summed E-state index contributed by atoms with van der Waals surface area (Å²) in [6, 6.07) is 0. The maximum atomic E-state index is 11.8. The Balaban J connectivity index is 1.68. The van der Waals surface area contributed by atoms with Crippen molar-refractivity contribution in [3.8, 4) is 0 Å². The maximum Gasteiger partial charge on any atom is 0.230 e. The summed E-state index contributed by atoms with van der Waals surface area (Å²) in [5.41, 5.74) is 1.26. The van der Waals surface area contributed by atoms with Gasteiger partial charge in [-0.25, -0.2) is 0 Å². The minimum atomic E-state index is -0.694. The van der Waals surface area contributed by atoms with Gasteiger partial charge in [0.1, 0.15) is 5.76 Å². The molecule has 1 heterocycles. The highest BCUT2D eigenvalue weighted by molar-refractivity contribution is 7.99. The lowest BCUT2D eigenvalue weighted by molar-refractivity contribution is -0.120. The summed E-state index contributed by atoms with van der Waals surface area (Å²) >= 11 is 1.54. The van der Waals surface area contributed by atoms with Crippen LogP contribution in [0.1, 0.15) is 49.1 Å². The summed E-state index contributed by atoms with van der Waals surface area (Å²) in [6.07, 6.45) is 4.86. The minimum Gasteiger partial charge on any atom is -0.388 e. The van der Waals surface area contributed by atoms with Crippen molar-refractivity contribution in [2.75, 3.05) is 12.3 Å². The number of nitrogens with zero attached hydrogens (tertiary/aromatic N) is 1. The van der Waals surface area contributed by atoms with Gasteiger partial charge in [0, 0.05) is 17.9 Å². The van der Waals surface area contributed by atoms with Gasteiger partial charge in [-0.05, 0) is 26.7 Å². The number of aryl methyl sites for hydroxylation is 2. The van der Waals surface area contributed by atoms with Gasteiger partial charge in [-0.1, -0.05) is 24.4 Å². The number of carbonyl (C=O) groups is 1. The molecule has 5 nitrogen and oxygen atoms in total. The van der Waals surface area contributed by atoms with Crippen molar-refractivity contribution < 1.29 is 14.4 Å². The van der Waals surface area contributed by atoms with Gasteiger partial charge < -0.3 is 14.9 Å². The van der Waals surface area contributed by atoms with Crippen molar-refractivity contribution in [1.29, 1.82) is 0 Å². The van der Waals surface area contributed by atoms with Gasteiger partial charge in [-0.15, -0.1) is 11.8 Å². The van der Waals surface area contributed by atoms with E-state index >= 15 is 0 Å². The van der Waals surface area contributed by atoms with Gasteiger partial charge in [0.25, 0.3) is 0 Å². The highest BCUT2D eigenvalue weighted by Crippen LogP contribution is 2.27. The Bertz CT molecular complexity index is 462. The standard InChI is InChI=1S/C15H24N2O3S/c1-11-13(12(2)20-17-11)8-21-9-14(18)16-10-15(19)6-4-3-5-7-15/h19H,3-10H2,1-2H3,(H,16,18). The number of hydrogen-bond acceptors (Lipinski definition) is 5. The van der Waals surface area contributed by atoms with Gasteiger partial charge in [-0.3, -0.25) is 4.79 Å². The molecule has 6 heteroatoms. The van der Waals surface area contributed by atoms with Crippen LogP contribution in [-0.2, 0) is 10.5 Å². The first-order valence-electron chi connectivity index (χ1n) is 7.49. The summed E-state index contributed by atoms with van der Waals surface area (Å²) in [7, 11) is 0. The molecule has 1 amide bonds. The number of hydrogen-bond donors (Lipinski definition) is 2. The zero-order chi connectivity index (χ0) is 15.3. The molecule has 0 aliphatic heterocycles. The van der Waals surface area contributed by atoms with E-state index in [4.69, 9.17) is 4.52 Å². The van der Waals surface area contributed by atoms with Gasteiger partial charge >= 0.3 is 0 Å². The second-order valence-corrected chi connectivity index (χ2v) is 6.84. The van der Waals surface area contributed by atoms with E-state index in [-0.39, 0.29) is 5.91 Å². The van der Waals surface area contributed by atoms with E-state index in [2.05, 4.69) is 10.5 Å². The summed E-state index contributed by atoms with van der Waals surface area (Å²) in [4.78, 5) is 11.8.